The lowest BCUT2D eigenvalue weighted by molar-refractivity contribution is 0.416. The quantitative estimate of drug-likeness (QED) is 0.251. The highest BCUT2D eigenvalue weighted by Gasteiger charge is 2.38. The molecule has 0 saturated heterocycles. The lowest BCUT2D eigenvalue weighted by Crippen LogP contribution is -2.22. The number of rotatable bonds is 3. The van der Waals surface area contributed by atoms with Gasteiger partial charge < -0.3 is 13.9 Å². The average Bonchev–Trinajstić information content (AvgIpc) is 3.53. The Morgan fingerprint density at radius 1 is 1.14 bits per heavy atom. The molecule has 0 bridgehead atoms. The number of nitrogens with zero attached hydrogens (tertiary/aromatic N) is 4. The molecule has 1 unspecified atom stereocenters. The molecule has 0 aliphatic carbocycles. The molecule has 2 aromatic carbocycles. The summed E-state index contributed by atoms with van der Waals surface area (Å²) in [5.41, 5.74) is 3.24. The van der Waals surface area contributed by atoms with Crippen molar-refractivity contribution in [3.05, 3.63) is 97.2 Å². The first kappa shape index (κ1) is 22.0. The maximum absolute atomic E-state index is 13.5. The van der Waals surface area contributed by atoms with Crippen LogP contribution in [0.25, 0.3) is 28.0 Å². The fourth-order valence-corrected chi connectivity index (χ4v) is 6.06. The summed E-state index contributed by atoms with van der Waals surface area (Å²) in [4.78, 5) is 23.9. The molecule has 7 rings (SSSR count). The van der Waals surface area contributed by atoms with E-state index in [1.807, 2.05) is 36.6 Å². The number of benzene rings is 2. The van der Waals surface area contributed by atoms with Crippen LogP contribution in [-0.4, -0.2) is 26.7 Å². The topological polar surface area (TPSA) is 91.8 Å². The van der Waals surface area contributed by atoms with Crippen molar-refractivity contribution in [1.82, 2.24) is 19.6 Å². The third-order valence-corrected chi connectivity index (χ3v) is 7.85. The number of thiophene rings is 1. The van der Waals surface area contributed by atoms with E-state index in [1.165, 1.54) is 0 Å². The lowest BCUT2D eigenvalue weighted by Gasteiger charge is -2.26. The van der Waals surface area contributed by atoms with Crippen LogP contribution in [0.1, 0.15) is 27.5 Å². The van der Waals surface area contributed by atoms with Crippen LogP contribution in [0.5, 0.6) is 17.4 Å². The molecule has 0 amide bonds. The third-order valence-electron chi connectivity index (χ3n) is 6.53. The van der Waals surface area contributed by atoms with Crippen LogP contribution in [0.3, 0.4) is 0 Å². The minimum Gasteiger partial charge on any atom is -0.496 e. The van der Waals surface area contributed by atoms with Crippen LogP contribution in [0.15, 0.2) is 69.5 Å². The molecule has 182 valence electrons. The molecule has 1 atom stereocenters. The third kappa shape index (κ3) is 3.28. The minimum absolute atomic E-state index is 0.366. The van der Waals surface area contributed by atoms with E-state index in [-0.39, 0.29) is 0 Å². The second kappa shape index (κ2) is 8.16. The highest BCUT2D eigenvalue weighted by Crippen LogP contribution is 2.50. The Bertz CT molecular complexity index is 1930. The smallest absolute Gasteiger partial charge is 0.344 e. The van der Waals surface area contributed by atoms with Crippen LogP contribution < -0.4 is 15.1 Å². The summed E-state index contributed by atoms with van der Waals surface area (Å²) in [5, 5.41) is 7.89. The van der Waals surface area contributed by atoms with Gasteiger partial charge in [0.05, 0.1) is 35.1 Å². The van der Waals surface area contributed by atoms with E-state index in [9.17, 15) is 4.79 Å². The van der Waals surface area contributed by atoms with Gasteiger partial charge in [-0.15, -0.1) is 16.4 Å². The second-order valence-corrected chi connectivity index (χ2v) is 10.0. The first-order valence-corrected chi connectivity index (χ1v) is 12.7. The number of aromatic nitrogens is 4. The summed E-state index contributed by atoms with van der Waals surface area (Å²) in [6, 6.07) is 14.6. The Labute approximate surface area is 218 Å². The monoisotopic (exact) mass is 528 g/mol. The molecule has 0 saturated carbocycles. The fraction of sp³-hybridized carbons (Fsp3) is 0.111. The van der Waals surface area contributed by atoms with Gasteiger partial charge >= 0.3 is 5.63 Å². The standard InChI is InChI=1S/C27H17ClN4O4S/c1-13-9-10-37-23(13)19-20-22(15-5-3-4-6-18(15)35-27(20)33)36-26-21(19)25-30-24(31-32(25)12-29-26)16-11-14(28)7-8-17(16)34-2/h3-12,19H,1-2H3. The van der Waals surface area contributed by atoms with Crippen LogP contribution in [0.2, 0.25) is 5.02 Å². The minimum atomic E-state index is -0.505. The molecule has 6 aromatic rings. The van der Waals surface area contributed by atoms with Crippen molar-refractivity contribution in [3.63, 3.8) is 0 Å². The van der Waals surface area contributed by atoms with E-state index in [2.05, 4.69) is 10.1 Å². The molecule has 5 heterocycles. The van der Waals surface area contributed by atoms with Gasteiger partial charge in [0, 0.05) is 9.90 Å². The highest BCUT2D eigenvalue weighted by molar-refractivity contribution is 7.10. The highest BCUT2D eigenvalue weighted by atomic mass is 35.5. The molecular weight excluding hydrogens is 512 g/mol. The average molecular weight is 529 g/mol. The number of methoxy groups -OCH3 is 1. The van der Waals surface area contributed by atoms with Crippen molar-refractivity contribution < 1.29 is 13.9 Å². The molecule has 0 spiro atoms. The number of fused-ring (bicyclic) bond motifs is 6. The van der Waals surface area contributed by atoms with Gasteiger partial charge in [-0.05, 0) is 54.3 Å². The van der Waals surface area contributed by atoms with Crippen molar-refractivity contribution in [1.29, 1.82) is 0 Å². The van der Waals surface area contributed by atoms with Crippen molar-refractivity contribution in [2.75, 3.05) is 7.11 Å². The van der Waals surface area contributed by atoms with Gasteiger partial charge in [-0.1, -0.05) is 23.7 Å². The number of aryl methyl sites for hydroxylation is 1. The summed E-state index contributed by atoms with van der Waals surface area (Å²) in [6.45, 7) is 2.02. The van der Waals surface area contributed by atoms with E-state index in [0.29, 0.717) is 61.5 Å². The second-order valence-electron chi connectivity index (χ2n) is 8.64. The summed E-state index contributed by atoms with van der Waals surface area (Å²) in [6.07, 6.45) is 1.55. The van der Waals surface area contributed by atoms with Crippen molar-refractivity contribution in [2.24, 2.45) is 0 Å². The van der Waals surface area contributed by atoms with Crippen LogP contribution in [0, 0.1) is 6.92 Å². The van der Waals surface area contributed by atoms with E-state index in [1.54, 1.807) is 53.6 Å². The van der Waals surface area contributed by atoms with Gasteiger partial charge in [0.2, 0.25) is 5.88 Å². The first-order chi connectivity index (χ1) is 18.0. The largest absolute Gasteiger partial charge is 0.496 e. The molecule has 0 radical (unpaired) electrons. The normalized spacial score (nSPS) is 14.4. The Morgan fingerprint density at radius 2 is 2.00 bits per heavy atom. The maximum atomic E-state index is 13.5. The lowest BCUT2D eigenvalue weighted by atomic mass is 9.87. The number of hydrogen-bond donors (Lipinski definition) is 0. The summed E-state index contributed by atoms with van der Waals surface area (Å²) >= 11 is 7.83. The van der Waals surface area contributed by atoms with Crippen molar-refractivity contribution >= 4 is 39.6 Å². The van der Waals surface area contributed by atoms with E-state index < -0.39 is 11.5 Å². The van der Waals surface area contributed by atoms with E-state index in [4.69, 9.17) is 30.5 Å². The maximum Gasteiger partial charge on any atom is 0.344 e. The number of hydrogen-bond acceptors (Lipinski definition) is 8. The Balaban J connectivity index is 1.55. The van der Waals surface area contributed by atoms with E-state index >= 15 is 0 Å². The van der Waals surface area contributed by atoms with Gasteiger partial charge in [-0.3, -0.25) is 0 Å². The fourth-order valence-electron chi connectivity index (χ4n) is 4.84. The first-order valence-electron chi connectivity index (χ1n) is 11.4. The molecule has 37 heavy (non-hydrogen) atoms. The zero-order valence-electron chi connectivity index (χ0n) is 19.6. The SMILES string of the molecule is COc1ccc(Cl)cc1-c1nc2c3c(ncn2n1)Oc1c(c(=O)oc2ccccc12)C3c1sccc1C. The number of para-hydroxylation sites is 1. The number of ether oxygens (including phenoxy) is 2. The van der Waals surface area contributed by atoms with Crippen molar-refractivity contribution in [3.8, 4) is 28.8 Å². The predicted octanol–water partition coefficient (Wildman–Crippen LogP) is 6.22. The molecule has 1 aliphatic rings. The van der Waals surface area contributed by atoms with Crippen LogP contribution in [-0.2, 0) is 0 Å². The van der Waals surface area contributed by atoms with Gasteiger partial charge in [0.25, 0.3) is 0 Å². The molecule has 4 aromatic heterocycles. The van der Waals surface area contributed by atoms with Gasteiger partial charge in [0.1, 0.15) is 17.7 Å². The molecule has 1 aliphatic heterocycles. The zero-order chi connectivity index (χ0) is 25.3. The predicted molar refractivity (Wildman–Crippen MR) is 140 cm³/mol. The Morgan fingerprint density at radius 3 is 2.81 bits per heavy atom. The molecular formula is C27H17ClN4O4S. The van der Waals surface area contributed by atoms with Gasteiger partial charge in [-0.2, -0.15) is 0 Å². The van der Waals surface area contributed by atoms with Gasteiger partial charge in [-0.25, -0.2) is 19.3 Å². The number of halogens is 1. The Kier molecular flexibility index (Phi) is 4.85. The molecule has 10 heteroatoms. The summed E-state index contributed by atoms with van der Waals surface area (Å²) < 4.78 is 19.2. The van der Waals surface area contributed by atoms with E-state index in [0.717, 1.165) is 10.4 Å². The van der Waals surface area contributed by atoms with Crippen LogP contribution >= 0.6 is 22.9 Å². The van der Waals surface area contributed by atoms with Gasteiger partial charge in [0.15, 0.2) is 17.2 Å². The van der Waals surface area contributed by atoms with Crippen LogP contribution in [0.4, 0.5) is 0 Å². The van der Waals surface area contributed by atoms with Crippen molar-refractivity contribution in [2.45, 2.75) is 12.8 Å². The summed E-state index contributed by atoms with van der Waals surface area (Å²) in [7, 11) is 1.58. The Hall–Kier alpha value is -4.21. The molecule has 8 nitrogen and oxygen atoms in total. The summed E-state index contributed by atoms with van der Waals surface area (Å²) in [5.74, 6) is 1.30. The zero-order valence-corrected chi connectivity index (χ0v) is 21.1. The molecule has 0 fully saturated rings. The molecule has 0 N–H and O–H groups in total.